The van der Waals surface area contributed by atoms with Gasteiger partial charge in [0.2, 0.25) is 0 Å². The summed E-state index contributed by atoms with van der Waals surface area (Å²) in [6, 6.07) is 0. The lowest BCUT2D eigenvalue weighted by molar-refractivity contribution is -0.139. The first-order valence-electron chi connectivity index (χ1n) is 17.1. The number of esters is 1. The molecule has 0 saturated carbocycles. The summed E-state index contributed by atoms with van der Waals surface area (Å²) in [5.41, 5.74) is 0.705. The Morgan fingerprint density at radius 1 is 0.474 bits per heavy atom. The lowest BCUT2D eigenvalue weighted by Gasteiger charge is -2.05. The zero-order valence-electron chi connectivity index (χ0n) is 26.1. The van der Waals surface area contributed by atoms with Gasteiger partial charge >= 0.3 is 5.97 Å². The summed E-state index contributed by atoms with van der Waals surface area (Å²) in [6.45, 7) is 4.61. The Hall–Kier alpha value is -0.830. The van der Waals surface area contributed by atoms with Crippen molar-refractivity contribution in [3.8, 4) is 0 Å². The molecule has 0 unspecified atom stereocenters. The van der Waals surface area contributed by atoms with Crippen LogP contribution in [0.4, 0.5) is 0 Å². The monoisotopic (exact) mass is 537 g/mol. The van der Waals surface area contributed by atoms with Gasteiger partial charge in [0, 0.05) is 12.2 Å². The van der Waals surface area contributed by atoms with E-state index in [-0.39, 0.29) is 5.97 Å². The molecule has 0 aliphatic carbocycles. The maximum Gasteiger partial charge on any atom is 0.333 e. The fourth-order valence-electron chi connectivity index (χ4n) is 5.21. The molecular formula is C35H68O3. The first-order chi connectivity index (χ1) is 18.7. The van der Waals surface area contributed by atoms with Gasteiger partial charge in [0.05, 0.1) is 6.61 Å². The average Bonchev–Trinajstić information content (AvgIpc) is 2.93. The normalized spacial score (nSPS) is 11.8. The second-order valence-electron chi connectivity index (χ2n) is 11.7. The Morgan fingerprint density at radius 2 is 0.711 bits per heavy atom. The van der Waals surface area contributed by atoms with Gasteiger partial charge < -0.3 is 9.84 Å². The van der Waals surface area contributed by atoms with Gasteiger partial charge in [-0.15, -0.1) is 0 Å². The van der Waals surface area contributed by atoms with E-state index in [2.05, 4.69) is 0 Å². The zero-order chi connectivity index (χ0) is 27.8. The smallest absolute Gasteiger partial charge is 0.333 e. The van der Waals surface area contributed by atoms with Gasteiger partial charge in [-0.3, -0.25) is 0 Å². The Balaban J connectivity index is 3.08. The van der Waals surface area contributed by atoms with Crippen LogP contribution < -0.4 is 0 Å². The third kappa shape index (κ3) is 29.7. The van der Waals surface area contributed by atoms with Crippen LogP contribution in [0.25, 0.3) is 0 Å². The lowest BCUT2D eigenvalue weighted by Crippen LogP contribution is -2.06. The quantitative estimate of drug-likeness (QED) is 0.0544. The summed E-state index contributed by atoms with van der Waals surface area (Å²) in [7, 11) is 0. The predicted molar refractivity (Wildman–Crippen MR) is 167 cm³/mol. The van der Waals surface area contributed by atoms with Gasteiger partial charge in [-0.05, 0) is 26.7 Å². The molecule has 0 spiro atoms. The molecule has 0 aromatic carbocycles. The number of aliphatic hydroxyl groups excluding tert-OH is 1. The molecule has 0 heterocycles. The van der Waals surface area contributed by atoms with E-state index in [1.54, 1.807) is 0 Å². The highest BCUT2D eigenvalue weighted by Gasteiger charge is 2.03. The minimum absolute atomic E-state index is 0.163. The van der Waals surface area contributed by atoms with E-state index in [0.29, 0.717) is 18.8 Å². The fourth-order valence-corrected chi connectivity index (χ4v) is 5.21. The summed E-state index contributed by atoms with van der Waals surface area (Å²) in [6.07, 6.45) is 40.1. The lowest BCUT2D eigenvalue weighted by atomic mass is 10.0. The minimum Gasteiger partial charge on any atom is -0.462 e. The number of hydrogen-bond acceptors (Lipinski definition) is 3. The number of allylic oxidation sites excluding steroid dienone is 1. The van der Waals surface area contributed by atoms with E-state index in [1.807, 2.05) is 19.9 Å². The Labute approximate surface area is 239 Å². The van der Waals surface area contributed by atoms with Crippen LogP contribution in [-0.4, -0.2) is 24.3 Å². The molecule has 0 rings (SSSR count). The standard InChI is InChI=1S/C35H68O3/c1-3-34(2)35(37)38-33-31-29-27-25-23-21-19-17-15-13-11-9-7-5-4-6-8-10-12-14-16-18-20-22-24-26-28-30-32-36/h3,36H,4-33H2,1-2H3. The highest BCUT2D eigenvalue weighted by atomic mass is 16.5. The van der Waals surface area contributed by atoms with Crippen molar-refractivity contribution in [2.45, 2.75) is 194 Å². The summed E-state index contributed by atoms with van der Waals surface area (Å²) in [4.78, 5) is 11.5. The average molecular weight is 537 g/mol. The van der Waals surface area contributed by atoms with Crippen LogP contribution >= 0.6 is 0 Å². The van der Waals surface area contributed by atoms with Crippen molar-refractivity contribution in [3.05, 3.63) is 11.6 Å². The van der Waals surface area contributed by atoms with Crippen LogP contribution in [0.5, 0.6) is 0 Å². The second-order valence-corrected chi connectivity index (χ2v) is 11.7. The largest absolute Gasteiger partial charge is 0.462 e. The van der Waals surface area contributed by atoms with E-state index >= 15 is 0 Å². The van der Waals surface area contributed by atoms with Gasteiger partial charge in [0.25, 0.3) is 0 Å². The number of rotatable bonds is 31. The van der Waals surface area contributed by atoms with Crippen LogP contribution in [0, 0.1) is 0 Å². The highest BCUT2D eigenvalue weighted by molar-refractivity contribution is 5.87. The zero-order valence-corrected chi connectivity index (χ0v) is 26.1. The molecule has 0 fully saturated rings. The maximum atomic E-state index is 11.5. The van der Waals surface area contributed by atoms with Crippen LogP contribution in [0.2, 0.25) is 0 Å². The van der Waals surface area contributed by atoms with Gasteiger partial charge in [0.1, 0.15) is 0 Å². The molecule has 0 aliphatic rings. The number of carbonyl (C=O) groups excluding carboxylic acids is 1. The first kappa shape index (κ1) is 37.2. The Kier molecular flexibility index (Phi) is 31.7. The molecule has 3 heteroatoms. The van der Waals surface area contributed by atoms with E-state index in [0.717, 1.165) is 12.8 Å². The number of ether oxygens (including phenoxy) is 1. The van der Waals surface area contributed by atoms with E-state index in [4.69, 9.17) is 9.84 Å². The van der Waals surface area contributed by atoms with Crippen molar-refractivity contribution in [2.24, 2.45) is 0 Å². The van der Waals surface area contributed by atoms with Gasteiger partial charge in [-0.25, -0.2) is 4.79 Å². The molecule has 0 aliphatic heterocycles. The molecule has 0 amide bonds. The second kappa shape index (κ2) is 32.4. The SMILES string of the molecule is CC=C(C)C(=O)OCCCCCCCCCCCCCCCCCCCCCCCCCCCCCCO. The number of unbranched alkanes of at least 4 members (excludes halogenated alkanes) is 27. The van der Waals surface area contributed by atoms with Crippen LogP contribution in [0.3, 0.4) is 0 Å². The predicted octanol–water partition coefficient (Wildman–Crippen LogP) is 11.4. The van der Waals surface area contributed by atoms with E-state index < -0.39 is 0 Å². The molecule has 0 bridgehead atoms. The number of aliphatic hydroxyl groups is 1. The van der Waals surface area contributed by atoms with Gasteiger partial charge in [0.15, 0.2) is 0 Å². The Morgan fingerprint density at radius 3 is 0.947 bits per heavy atom. The number of hydrogen-bond donors (Lipinski definition) is 1. The van der Waals surface area contributed by atoms with Crippen molar-refractivity contribution >= 4 is 5.97 Å². The molecule has 0 aromatic heterocycles. The third-order valence-electron chi connectivity index (χ3n) is 8.04. The van der Waals surface area contributed by atoms with E-state index in [1.165, 1.54) is 167 Å². The summed E-state index contributed by atoms with van der Waals surface area (Å²) in [5.74, 6) is -0.163. The first-order valence-corrected chi connectivity index (χ1v) is 17.1. The topological polar surface area (TPSA) is 46.5 Å². The molecule has 226 valence electrons. The van der Waals surface area contributed by atoms with Crippen LogP contribution in [0.15, 0.2) is 11.6 Å². The van der Waals surface area contributed by atoms with Crippen LogP contribution in [-0.2, 0) is 9.53 Å². The van der Waals surface area contributed by atoms with Crippen molar-refractivity contribution < 1.29 is 14.6 Å². The molecule has 0 saturated heterocycles. The Bertz CT molecular complexity index is 499. The van der Waals surface area contributed by atoms with Gasteiger partial charge in [-0.1, -0.05) is 173 Å². The van der Waals surface area contributed by atoms with E-state index in [9.17, 15) is 4.79 Å². The van der Waals surface area contributed by atoms with Crippen molar-refractivity contribution in [2.75, 3.05) is 13.2 Å². The fraction of sp³-hybridized carbons (Fsp3) is 0.914. The third-order valence-corrected chi connectivity index (χ3v) is 8.04. The molecule has 0 radical (unpaired) electrons. The number of carbonyl (C=O) groups is 1. The molecule has 1 N–H and O–H groups in total. The van der Waals surface area contributed by atoms with Crippen LogP contribution in [0.1, 0.15) is 194 Å². The van der Waals surface area contributed by atoms with Crippen molar-refractivity contribution in [1.82, 2.24) is 0 Å². The summed E-state index contributed by atoms with van der Waals surface area (Å²) >= 11 is 0. The highest BCUT2D eigenvalue weighted by Crippen LogP contribution is 2.16. The molecule has 0 atom stereocenters. The molecule has 3 nitrogen and oxygen atoms in total. The maximum absolute atomic E-state index is 11.5. The van der Waals surface area contributed by atoms with Gasteiger partial charge in [-0.2, -0.15) is 0 Å². The molecule has 38 heavy (non-hydrogen) atoms. The molecular weight excluding hydrogens is 468 g/mol. The molecule has 0 aromatic rings. The minimum atomic E-state index is -0.163. The van der Waals surface area contributed by atoms with Crippen molar-refractivity contribution in [1.29, 1.82) is 0 Å². The summed E-state index contributed by atoms with van der Waals surface area (Å²) in [5, 5.41) is 8.78. The van der Waals surface area contributed by atoms with Crippen molar-refractivity contribution in [3.63, 3.8) is 0 Å². The summed E-state index contributed by atoms with van der Waals surface area (Å²) < 4.78 is 5.24.